The zero-order valence-corrected chi connectivity index (χ0v) is 18.8. The molecule has 2 aromatic heterocycles. The van der Waals surface area contributed by atoms with Gasteiger partial charge in [0.2, 0.25) is 0 Å². The summed E-state index contributed by atoms with van der Waals surface area (Å²) >= 11 is 0. The van der Waals surface area contributed by atoms with Crippen molar-refractivity contribution in [1.82, 2.24) is 9.78 Å². The van der Waals surface area contributed by atoms with Gasteiger partial charge in [-0.2, -0.15) is 18.3 Å². The molecule has 0 saturated heterocycles. The lowest BCUT2D eigenvalue weighted by Crippen LogP contribution is -2.06. The molecule has 0 N–H and O–H groups in total. The van der Waals surface area contributed by atoms with Gasteiger partial charge in [-0.25, -0.2) is 9.48 Å². The van der Waals surface area contributed by atoms with Crippen molar-refractivity contribution in [3.05, 3.63) is 114 Å². The first-order valence-electron chi connectivity index (χ1n) is 11.0. The van der Waals surface area contributed by atoms with Crippen LogP contribution in [0.15, 0.2) is 102 Å². The first-order chi connectivity index (χ1) is 17.4. The van der Waals surface area contributed by atoms with Gasteiger partial charge >= 0.3 is 12.1 Å². The number of rotatable bonds is 6. The van der Waals surface area contributed by atoms with Crippen LogP contribution in [-0.4, -0.2) is 15.7 Å². The molecule has 0 atom stereocenters. The van der Waals surface area contributed by atoms with Crippen molar-refractivity contribution in [3.63, 3.8) is 0 Å². The average molecular weight is 488 g/mol. The fraction of sp³-hybridized carbons (Fsp3) is 0.0714. The predicted molar refractivity (Wildman–Crippen MR) is 129 cm³/mol. The Balaban J connectivity index is 1.39. The highest BCUT2D eigenvalue weighted by atomic mass is 19.4. The van der Waals surface area contributed by atoms with Crippen LogP contribution in [0.2, 0.25) is 0 Å². The van der Waals surface area contributed by atoms with E-state index in [2.05, 4.69) is 5.10 Å². The molecule has 0 bridgehead atoms. The van der Waals surface area contributed by atoms with E-state index in [9.17, 15) is 18.0 Å². The zero-order valence-electron chi connectivity index (χ0n) is 18.8. The summed E-state index contributed by atoms with van der Waals surface area (Å²) < 4.78 is 51.5. The van der Waals surface area contributed by atoms with Crippen molar-refractivity contribution < 1.29 is 27.1 Å². The van der Waals surface area contributed by atoms with Gasteiger partial charge in [-0.3, -0.25) is 0 Å². The first-order valence-corrected chi connectivity index (χ1v) is 11.0. The van der Waals surface area contributed by atoms with Crippen LogP contribution < -0.4 is 0 Å². The number of halogens is 3. The molecule has 0 fully saturated rings. The number of ether oxygens (including phenoxy) is 1. The molecule has 5 rings (SSSR count). The van der Waals surface area contributed by atoms with Gasteiger partial charge < -0.3 is 9.15 Å². The lowest BCUT2D eigenvalue weighted by Gasteiger charge is -2.08. The molecule has 2 heterocycles. The highest BCUT2D eigenvalue weighted by molar-refractivity contribution is 5.89. The minimum Gasteiger partial charge on any atom is -0.458 e. The number of aromatic nitrogens is 2. The second kappa shape index (κ2) is 9.58. The van der Waals surface area contributed by atoms with E-state index in [4.69, 9.17) is 9.15 Å². The Morgan fingerprint density at radius 1 is 0.972 bits per heavy atom. The van der Waals surface area contributed by atoms with E-state index < -0.39 is 17.7 Å². The number of para-hydroxylation sites is 2. The van der Waals surface area contributed by atoms with Crippen molar-refractivity contribution in [3.8, 4) is 17.1 Å². The van der Waals surface area contributed by atoms with Crippen LogP contribution in [0.25, 0.3) is 34.2 Å². The van der Waals surface area contributed by atoms with E-state index in [-0.39, 0.29) is 12.2 Å². The molecule has 0 amide bonds. The number of fused-ring (bicyclic) bond motifs is 1. The third-order valence-corrected chi connectivity index (χ3v) is 5.46. The summed E-state index contributed by atoms with van der Waals surface area (Å²) in [5.41, 5.74) is 2.10. The molecule has 180 valence electrons. The molecule has 8 heteroatoms. The first kappa shape index (κ1) is 23.2. The van der Waals surface area contributed by atoms with E-state index in [1.807, 2.05) is 60.7 Å². The second-order valence-electron chi connectivity index (χ2n) is 8.00. The summed E-state index contributed by atoms with van der Waals surface area (Å²) in [6, 6.07) is 23.6. The maximum Gasteiger partial charge on any atom is 0.416 e. The lowest BCUT2D eigenvalue weighted by molar-refractivity contribution is -0.138. The van der Waals surface area contributed by atoms with Gasteiger partial charge in [-0.1, -0.05) is 48.5 Å². The van der Waals surface area contributed by atoms with Gasteiger partial charge in [0.15, 0.2) is 5.76 Å². The van der Waals surface area contributed by atoms with Crippen LogP contribution in [0.4, 0.5) is 13.2 Å². The number of nitrogens with zero attached hydrogens (tertiary/aromatic N) is 2. The molecule has 3 aromatic carbocycles. The number of carbonyl (C=O) groups is 1. The lowest BCUT2D eigenvalue weighted by atomic mass is 10.1. The molecular formula is C28H19F3N2O3. The third kappa shape index (κ3) is 5.07. The SMILES string of the molecule is O=C(C=Cc1cn(-c2ccccc2)nc1-c1cc2ccccc2o1)OCc1cccc(C(F)(F)F)c1. The summed E-state index contributed by atoms with van der Waals surface area (Å²) in [5, 5.41) is 5.58. The van der Waals surface area contributed by atoms with E-state index in [1.54, 1.807) is 17.0 Å². The van der Waals surface area contributed by atoms with Gasteiger partial charge in [0.25, 0.3) is 0 Å². The van der Waals surface area contributed by atoms with Crippen molar-refractivity contribution >= 4 is 23.0 Å². The number of esters is 1. The molecule has 0 aliphatic heterocycles. The summed E-state index contributed by atoms with van der Waals surface area (Å²) in [4.78, 5) is 12.4. The fourth-order valence-corrected chi connectivity index (χ4v) is 3.71. The number of benzene rings is 3. The molecule has 0 aliphatic rings. The number of alkyl halides is 3. The molecule has 0 radical (unpaired) electrons. The Kier molecular flexibility index (Phi) is 6.16. The Morgan fingerprint density at radius 3 is 2.53 bits per heavy atom. The molecule has 0 aliphatic carbocycles. The number of carbonyl (C=O) groups excluding carboxylic acids is 1. The highest BCUT2D eigenvalue weighted by Crippen LogP contribution is 2.31. The van der Waals surface area contributed by atoms with Crippen LogP contribution in [0, 0.1) is 0 Å². The van der Waals surface area contributed by atoms with Gasteiger partial charge in [0.05, 0.1) is 11.3 Å². The number of hydrogen-bond acceptors (Lipinski definition) is 4. The molecule has 0 spiro atoms. The molecular weight excluding hydrogens is 469 g/mol. The van der Waals surface area contributed by atoms with Crippen LogP contribution in [-0.2, 0) is 22.3 Å². The molecule has 5 nitrogen and oxygen atoms in total. The quantitative estimate of drug-likeness (QED) is 0.190. The van der Waals surface area contributed by atoms with Crippen molar-refractivity contribution in [2.45, 2.75) is 12.8 Å². The smallest absolute Gasteiger partial charge is 0.416 e. The molecule has 36 heavy (non-hydrogen) atoms. The third-order valence-electron chi connectivity index (χ3n) is 5.46. The Bertz CT molecular complexity index is 1520. The zero-order chi connectivity index (χ0) is 25.1. The summed E-state index contributed by atoms with van der Waals surface area (Å²) in [7, 11) is 0. The van der Waals surface area contributed by atoms with E-state index in [0.29, 0.717) is 22.6 Å². The summed E-state index contributed by atoms with van der Waals surface area (Å²) in [6.45, 7) is -0.285. The van der Waals surface area contributed by atoms with E-state index >= 15 is 0 Å². The second-order valence-corrected chi connectivity index (χ2v) is 8.00. The monoisotopic (exact) mass is 488 g/mol. The predicted octanol–water partition coefficient (Wildman–Crippen LogP) is 7.06. The van der Waals surface area contributed by atoms with Crippen molar-refractivity contribution in [1.29, 1.82) is 0 Å². The van der Waals surface area contributed by atoms with Gasteiger partial charge in [0.1, 0.15) is 17.9 Å². The van der Waals surface area contributed by atoms with Crippen LogP contribution >= 0.6 is 0 Å². The van der Waals surface area contributed by atoms with Gasteiger partial charge in [-0.05, 0) is 48.0 Å². The minimum absolute atomic E-state index is 0.242. The van der Waals surface area contributed by atoms with Crippen molar-refractivity contribution in [2.75, 3.05) is 0 Å². The molecule has 5 aromatic rings. The highest BCUT2D eigenvalue weighted by Gasteiger charge is 2.30. The normalized spacial score (nSPS) is 11.9. The largest absolute Gasteiger partial charge is 0.458 e. The summed E-state index contributed by atoms with van der Waals surface area (Å²) in [5.74, 6) is -0.168. The average Bonchev–Trinajstić information content (AvgIpc) is 3.51. The summed E-state index contributed by atoms with van der Waals surface area (Å²) in [6.07, 6.45) is 0.0515. The standard InChI is InChI=1S/C28H19F3N2O3/c29-28(30,31)22-9-6-7-19(15-22)18-35-26(34)14-13-21-17-33(23-10-2-1-3-11-23)32-27(21)25-16-20-8-4-5-12-24(20)36-25/h1-17H,18H2. The molecule has 0 saturated carbocycles. The van der Waals surface area contributed by atoms with Crippen LogP contribution in [0.5, 0.6) is 0 Å². The van der Waals surface area contributed by atoms with Gasteiger partial charge in [0, 0.05) is 23.2 Å². The Labute approximate surface area is 204 Å². The molecule has 0 unspecified atom stereocenters. The number of furan rings is 1. The maximum atomic E-state index is 12.9. The fourth-order valence-electron chi connectivity index (χ4n) is 3.71. The van der Waals surface area contributed by atoms with Crippen LogP contribution in [0.3, 0.4) is 0 Å². The topological polar surface area (TPSA) is 57.3 Å². The Hall–Kier alpha value is -4.59. The van der Waals surface area contributed by atoms with E-state index in [0.717, 1.165) is 23.2 Å². The number of hydrogen-bond donors (Lipinski definition) is 0. The minimum atomic E-state index is -4.47. The van der Waals surface area contributed by atoms with E-state index in [1.165, 1.54) is 18.2 Å². The van der Waals surface area contributed by atoms with Crippen LogP contribution in [0.1, 0.15) is 16.7 Å². The van der Waals surface area contributed by atoms with Gasteiger partial charge in [-0.15, -0.1) is 0 Å². The maximum absolute atomic E-state index is 12.9. The van der Waals surface area contributed by atoms with Crippen molar-refractivity contribution in [2.24, 2.45) is 0 Å². The Morgan fingerprint density at radius 2 is 1.75 bits per heavy atom.